The second kappa shape index (κ2) is 6.53. The molecule has 2 rings (SSSR count). The molecule has 1 aromatic carbocycles. The van der Waals surface area contributed by atoms with Gasteiger partial charge in [0.1, 0.15) is 0 Å². The Labute approximate surface area is 118 Å². The zero-order valence-corrected chi connectivity index (χ0v) is 12.7. The van der Waals surface area contributed by atoms with Crippen molar-refractivity contribution >= 4 is 0 Å². The smallest absolute Gasteiger partial charge is 0.0506 e. The summed E-state index contributed by atoms with van der Waals surface area (Å²) in [6.07, 6.45) is 6.70. The summed E-state index contributed by atoms with van der Waals surface area (Å²) in [5.74, 6) is 0. The maximum atomic E-state index is 3.75. The average Bonchev–Trinajstić information content (AvgIpc) is 2.46. The number of likely N-dealkylation sites (N-methyl/N-ethyl adjacent to an activating group) is 2. The van der Waals surface area contributed by atoms with Gasteiger partial charge in [0.25, 0.3) is 0 Å². The van der Waals surface area contributed by atoms with Gasteiger partial charge in [-0.05, 0) is 39.0 Å². The minimum atomic E-state index is 0.273. The van der Waals surface area contributed by atoms with Crippen LogP contribution in [0.4, 0.5) is 0 Å². The summed E-state index contributed by atoms with van der Waals surface area (Å²) in [4.78, 5) is 2.46. The van der Waals surface area contributed by atoms with Crippen molar-refractivity contribution in [2.24, 2.45) is 0 Å². The van der Waals surface area contributed by atoms with E-state index in [1.165, 1.54) is 37.7 Å². The minimum absolute atomic E-state index is 0.273. The van der Waals surface area contributed by atoms with E-state index in [0.29, 0.717) is 6.04 Å². The van der Waals surface area contributed by atoms with E-state index in [1.807, 2.05) is 0 Å². The molecule has 0 amide bonds. The van der Waals surface area contributed by atoms with Gasteiger partial charge in [0.15, 0.2) is 0 Å². The van der Waals surface area contributed by atoms with Gasteiger partial charge in [0.2, 0.25) is 0 Å². The predicted molar refractivity (Wildman–Crippen MR) is 82.4 cm³/mol. The Kier molecular flexibility index (Phi) is 5.00. The summed E-state index contributed by atoms with van der Waals surface area (Å²) >= 11 is 0. The van der Waals surface area contributed by atoms with E-state index in [9.17, 15) is 0 Å². The number of hydrogen-bond donors (Lipinski definition) is 1. The Morgan fingerprint density at radius 1 is 1.11 bits per heavy atom. The second-order valence-electron chi connectivity index (χ2n) is 5.96. The zero-order valence-electron chi connectivity index (χ0n) is 12.7. The Balaban J connectivity index is 2.34. The lowest BCUT2D eigenvalue weighted by Gasteiger charge is -2.49. The van der Waals surface area contributed by atoms with Crippen LogP contribution in [0.3, 0.4) is 0 Å². The lowest BCUT2D eigenvalue weighted by molar-refractivity contribution is 0.0570. The maximum Gasteiger partial charge on any atom is 0.0506 e. The molecule has 1 aromatic rings. The molecule has 0 bridgehead atoms. The molecule has 1 atom stereocenters. The highest BCUT2D eigenvalue weighted by molar-refractivity contribution is 5.24. The third kappa shape index (κ3) is 3.01. The van der Waals surface area contributed by atoms with Crippen molar-refractivity contribution in [1.82, 2.24) is 10.2 Å². The molecule has 0 radical (unpaired) electrons. The first kappa shape index (κ1) is 14.5. The van der Waals surface area contributed by atoms with E-state index in [4.69, 9.17) is 0 Å². The van der Waals surface area contributed by atoms with Crippen LogP contribution in [0, 0.1) is 0 Å². The van der Waals surface area contributed by atoms with Gasteiger partial charge in [-0.2, -0.15) is 0 Å². The van der Waals surface area contributed by atoms with Gasteiger partial charge >= 0.3 is 0 Å². The number of hydrogen-bond acceptors (Lipinski definition) is 2. The van der Waals surface area contributed by atoms with Gasteiger partial charge in [-0.1, -0.05) is 56.5 Å². The van der Waals surface area contributed by atoms with E-state index >= 15 is 0 Å². The molecule has 106 valence electrons. The highest BCUT2D eigenvalue weighted by atomic mass is 15.2. The van der Waals surface area contributed by atoms with E-state index < -0.39 is 0 Å². The van der Waals surface area contributed by atoms with Crippen LogP contribution in [-0.2, 0) is 0 Å². The van der Waals surface area contributed by atoms with Crippen LogP contribution >= 0.6 is 0 Å². The van der Waals surface area contributed by atoms with Crippen molar-refractivity contribution in [3.63, 3.8) is 0 Å². The molecule has 0 aliphatic heterocycles. The van der Waals surface area contributed by atoms with Crippen LogP contribution in [0.15, 0.2) is 30.3 Å². The molecule has 0 aromatic heterocycles. The van der Waals surface area contributed by atoms with Crippen molar-refractivity contribution in [2.45, 2.75) is 50.6 Å². The van der Waals surface area contributed by atoms with Gasteiger partial charge in [0.05, 0.1) is 6.04 Å². The summed E-state index contributed by atoms with van der Waals surface area (Å²) in [6, 6.07) is 11.4. The molecule has 1 unspecified atom stereocenters. The van der Waals surface area contributed by atoms with Crippen LogP contribution in [0.1, 0.15) is 50.6 Å². The monoisotopic (exact) mass is 260 g/mol. The van der Waals surface area contributed by atoms with Crippen molar-refractivity contribution in [1.29, 1.82) is 0 Å². The van der Waals surface area contributed by atoms with Crippen LogP contribution in [0.2, 0.25) is 0 Å². The molecule has 1 aliphatic carbocycles. The molecular formula is C17H28N2. The molecule has 2 nitrogen and oxygen atoms in total. The summed E-state index contributed by atoms with van der Waals surface area (Å²) < 4.78 is 0. The Bertz CT molecular complexity index is 366. The van der Waals surface area contributed by atoms with Crippen molar-refractivity contribution < 1.29 is 0 Å². The van der Waals surface area contributed by atoms with Crippen LogP contribution in [0.25, 0.3) is 0 Å². The highest BCUT2D eigenvalue weighted by Gasteiger charge is 2.41. The molecule has 1 fully saturated rings. The van der Waals surface area contributed by atoms with E-state index in [0.717, 1.165) is 6.54 Å². The summed E-state index contributed by atoms with van der Waals surface area (Å²) in [5.41, 5.74) is 1.70. The molecule has 2 heteroatoms. The van der Waals surface area contributed by atoms with Gasteiger partial charge in [-0.15, -0.1) is 0 Å². The molecule has 1 N–H and O–H groups in total. The molecule has 1 aliphatic rings. The van der Waals surface area contributed by atoms with E-state index in [1.54, 1.807) is 0 Å². The summed E-state index contributed by atoms with van der Waals surface area (Å²) in [6.45, 7) is 3.23. The lowest BCUT2D eigenvalue weighted by atomic mass is 9.73. The molecule has 0 heterocycles. The molecule has 0 spiro atoms. The highest BCUT2D eigenvalue weighted by Crippen LogP contribution is 2.41. The normalized spacial score (nSPS) is 20.4. The average molecular weight is 260 g/mol. The SMILES string of the molecule is CCNC(c1ccccc1)C1(N(C)C)CCCCC1. The third-order valence-electron chi connectivity index (χ3n) is 4.69. The van der Waals surface area contributed by atoms with Crippen molar-refractivity contribution in [3.8, 4) is 0 Å². The van der Waals surface area contributed by atoms with Gasteiger partial charge in [-0.25, -0.2) is 0 Å². The molecule has 0 saturated heterocycles. The summed E-state index contributed by atoms with van der Waals surface area (Å²) in [7, 11) is 4.50. The topological polar surface area (TPSA) is 15.3 Å². The zero-order chi connectivity index (χ0) is 13.7. The number of nitrogens with zero attached hydrogens (tertiary/aromatic N) is 1. The van der Waals surface area contributed by atoms with Gasteiger partial charge < -0.3 is 10.2 Å². The first-order valence-corrected chi connectivity index (χ1v) is 7.66. The largest absolute Gasteiger partial charge is 0.309 e. The second-order valence-corrected chi connectivity index (χ2v) is 5.96. The van der Waals surface area contributed by atoms with E-state index in [-0.39, 0.29) is 5.54 Å². The quantitative estimate of drug-likeness (QED) is 0.870. The Morgan fingerprint density at radius 2 is 1.74 bits per heavy atom. The predicted octanol–water partition coefficient (Wildman–Crippen LogP) is 3.60. The third-order valence-corrected chi connectivity index (χ3v) is 4.69. The Hall–Kier alpha value is -0.860. The standard InChI is InChI=1S/C17H28N2/c1-4-18-16(15-11-7-5-8-12-15)17(19(2)3)13-9-6-10-14-17/h5,7-8,11-12,16,18H,4,6,9-10,13-14H2,1-3H3. The lowest BCUT2D eigenvalue weighted by Crippen LogP contribution is -2.54. The van der Waals surface area contributed by atoms with E-state index in [2.05, 4.69) is 61.6 Å². The summed E-state index contributed by atoms with van der Waals surface area (Å²) in [5, 5.41) is 3.75. The van der Waals surface area contributed by atoms with Crippen LogP contribution in [0.5, 0.6) is 0 Å². The number of rotatable bonds is 5. The van der Waals surface area contributed by atoms with Crippen LogP contribution in [-0.4, -0.2) is 31.1 Å². The molecule has 1 saturated carbocycles. The van der Waals surface area contributed by atoms with Gasteiger partial charge in [0, 0.05) is 5.54 Å². The fraction of sp³-hybridized carbons (Fsp3) is 0.647. The maximum absolute atomic E-state index is 3.75. The number of nitrogens with one attached hydrogen (secondary N) is 1. The molecule has 19 heavy (non-hydrogen) atoms. The first-order valence-electron chi connectivity index (χ1n) is 7.66. The Morgan fingerprint density at radius 3 is 2.26 bits per heavy atom. The first-order chi connectivity index (χ1) is 9.20. The molecular weight excluding hydrogens is 232 g/mol. The van der Waals surface area contributed by atoms with Gasteiger partial charge in [-0.3, -0.25) is 0 Å². The van der Waals surface area contributed by atoms with Crippen molar-refractivity contribution in [2.75, 3.05) is 20.6 Å². The van der Waals surface area contributed by atoms with Crippen molar-refractivity contribution in [3.05, 3.63) is 35.9 Å². The number of benzene rings is 1. The fourth-order valence-electron chi connectivity index (χ4n) is 3.63. The minimum Gasteiger partial charge on any atom is -0.309 e. The fourth-order valence-corrected chi connectivity index (χ4v) is 3.63. The van der Waals surface area contributed by atoms with Crippen LogP contribution < -0.4 is 5.32 Å².